The number of hydrogen-bond acceptors (Lipinski definition) is 3. The van der Waals surface area contributed by atoms with Crippen LogP contribution in [0.4, 0.5) is 4.39 Å². The third kappa shape index (κ3) is 5.88. The van der Waals surface area contributed by atoms with E-state index in [1.807, 2.05) is 32.0 Å². The van der Waals surface area contributed by atoms with Crippen LogP contribution in [0.1, 0.15) is 35.6 Å². The summed E-state index contributed by atoms with van der Waals surface area (Å²) in [7, 11) is 0. The molecule has 0 heterocycles. The number of aliphatic carboxylic acids is 1. The summed E-state index contributed by atoms with van der Waals surface area (Å²) >= 11 is 0. The SMILES string of the molecule is Cc1ccc(OCCC(=O)NC(CC(=O)O)c2ccc(F)cc2)c(C)c1. The van der Waals surface area contributed by atoms with Gasteiger partial charge in [-0.1, -0.05) is 29.8 Å². The molecule has 2 N–H and O–H groups in total. The summed E-state index contributed by atoms with van der Waals surface area (Å²) in [5.41, 5.74) is 2.65. The number of amides is 1. The third-order valence-corrected chi connectivity index (χ3v) is 3.90. The van der Waals surface area contributed by atoms with Crippen LogP contribution in [-0.2, 0) is 9.59 Å². The van der Waals surface area contributed by atoms with Crippen molar-refractivity contribution in [1.82, 2.24) is 5.32 Å². The molecule has 0 spiro atoms. The molecule has 0 fully saturated rings. The highest BCUT2D eigenvalue weighted by atomic mass is 19.1. The first-order chi connectivity index (χ1) is 12.3. The highest BCUT2D eigenvalue weighted by Gasteiger charge is 2.18. The minimum atomic E-state index is -1.05. The fraction of sp³-hybridized carbons (Fsp3) is 0.300. The molecule has 0 saturated heterocycles. The molecule has 0 aromatic heterocycles. The predicted octanol–water partition coefficient (Wildman–Crippen LogP) is 3.54. The zero-order chi connectivity index (χ0) is 19.1. The smallest absolute Gasteiger partial charge is 0.305 e. The van der Waals surface area contributed by atoms with Gasteiger partial charge in [0.2, 0.25) is 5.91 Å². The number of carboxylic acids is 1. The van der Waals surface area contributed by atoms with Gasteiger partial charge < -0.3 is 15.2 Å². The van der Waals surface area contributed by atoms with E-state index in [1.54, 1.807) is 0 Å². The Morgan fingerprint density at radius 1 is 1.15 bits per heavy atom. The molecule has 138 valence electrons. The molecule has 1 atom stereocenters. The Bertz CT molecular complexity index is 774. The predicted molar refractivity (Wildman–Crippen MR) is 95.6 cm³/mol. The standard InChI is InChI=1S/C20H22FNO4/c1-13-3-8-18(14(2)11-13)26-10-9-19(23)22-17(12-20(24)25)15-4-6-16(21)7-5-15/h3-8,11,17H,9-10,12H2,1-2H3,(H,22,23)(H,24,25). The van der Waals surface area contributed by atoms with Crippen molar-refractivity contribution in [2.75, 3.05) is 6.61 Å². The maximum atomic E-state index is 13.0. The lowest BCUT2D eigenvalue weighted by molar-refractivity contribution is -0.137. The zero-order valence-corrected chi connectivity index (χ0v) is 14.8. The number of hydrogen-bond donors (Lipinski definition) is 2. The summed E-state index contributed by atoms with van der Waals surface area (Å²) in [6.07, 6.45) is -0.195. The van der Waals surface area contributed by atoms with Crippen molar-refractivity contribution in [3.63, 3.8) is 0 Å². The highest BCUT2D eigenvalue weighted by molar-refractivity contribution is 5.77. The van der Waals surface area contributed by atoms with Crippen LogP contribution in [0.15, 0.2) is 42.5 Å². The van der Waals surface area contributed by atoms with E-state index in [-0.39, 0.29) is 25.4 Å². The van der Waals surface area contributed by atoms with E-state index in [1.165, 1.54) is 24.3 Å². The highest BCUT2D eigenvalue weighted by Crippen LogP contribution is 2.20. The lowest BCUT2D eigenvalue weighted by Gasteiger charge is -2.18. The summed E-state index contributed by atoms with van der Waals surface area (Å²) in [4.78, 5) is 23.2. The topological polar surface area (TPSA) is 75.6 Å². The zero-order valence-electron chi connectivity index (χ0n) is 14.8. The number of benzene rings is 2. The number of carboxylic acid groups (broad SMARTS) is 1. The van der Waals surface area contributed by atoms with E-state index in [9.17, 15) is 14.0 Å². The van der Waals surface area contributed by atoms with Gasteiger partial charge in [0.15, 0.2) is 0 Å². The van der Waals surface area contributed by atoms with Gasteiger partial charge in [-0.05, 0) is 43.2 Å². The Morgan fingerprint density at radius 3 is 2.46 bits per heavy atom. The minimum absolute atomic E-state index is 0.0879. The molecular formula is C20H22FNO4. The summed E-state index contributed by atoms with van der Waals surface area (Å²) in [6.45, 7) is 4.10. The van der Waals surface area contributed by atoms with Gasteiger partial charge in [0.1, 0.15) is 11.6 Å². The van der Waals surface area contributed by atoms with E-state index in [0.717, 1.165) is 11.1 Å². The van der Waals surface area contributed by atoms with Crippen LogP contribution in [-0.4, -0.2) is 23.6 Å². The fourth-order valence-electron chi connectivity index (χ4n) is 2.60. The Labute approximate surface area is 151 Å². The Balaban J connectivity index is 1.92. The van der Waals surface area contributed by atoms with Crippen LogP contribution in [0.25, 0.3) is 0 Å². The molecule has 1 amide bonds. The summed E-state index contributed by atoms with van der Waals surface area (Å²) in [5.74, 6) is -1.09. The van der Waals surface area contributed by atoms with E-state index in [2.05, 4.69) is 5.32 Å². The Morgan fingerprint density at radius 2 is 1.85 bits per heavy atom. The second-order valence-electron chi connectivity index (χ2n) is 6.14. The fourth-order valence-corrected chi connectivity index (χ4v) is 2.60. The number of rotatable bonds is 8. The van der Waals surface area contributed by atoms with Crippen LogP contribution in [0.3, 0.4) is 0 Å². The van der Waals surface area contributed by atoms with Gasteiger partial charge in [0, 0.05) is 0 Å². The van der Waals surface area contributed by atoms with Gasteiger partial charge in [0.05, 0.1) is 25.5 Å². The molecular weight excluding hydrogens is 337 g/mol. The van der Waals surface area contributed by atoms with Crippen molar-refractivity contribution < 1.29 is 23.8 Å². The molecule has 6 heteroatoms. The molecule has 2 aromatic rings. The molecule has 0 aliphatic heterocycles. The van der Waals surface area contributed by atoms with Gasteiger partial charge in [-0.3, -0.25) is 9.59 Å². The van der Waals surface area contributed by atoms with Crippen molar-refractivity contribution in [3.8, 4) is 5.75 Å². The largest absolute Gasteiger partial charge is 0.493 e. The van der Waals surface area contributed by atoms with Gasteiger partial charge in [-0.2, -0.15) is 0 Å². The van der Waals surface area contributed by atoms with Crippen molar-refractivity contribution in [1.29, 1.82) is 0 Å². The molecule has 1 unspecified atom stereocenters. The Hall–Kier alpha value is -2.89. The van der Waals surface area contributed by atoms with Crippen molar-refractivity contribution in [2.24, 2.45) is 0 Å². The summed E-state index contributed by atoms with van der Waals surface area (Å²) in [5, 5.41) is 11.7. The number of carbonyl (C=O) groups is 2. The van der Waals surface area contributed by atoms with Crippen LogP contribution in [0.2, 0.25) is 0 Å². The lowest BCUT2D eigenvalue weighted by atomic mass is 10.0. The summed E-state index contributed by atoms with van der Waals surface area (Å²) < 4.78 is 18.7. The first-order valence-corrected chi connectivity index (χ1v) is 8.32. The van der Waals surface area contributed by atoms with Gasteiger partial charge in [-0.15, -0.1) is 0 Å². The summed E-state index contributed by atoms with van der Waals surface area (Å²) in [6, 6.07) is 10.5. The number of aryl methyl sites for hydroxylation is 2. The second kappa shape index (κ2) is 8.99. The molecule has 0 aliphatic carbocycles. The molecule has 0 saturated carbocycles. The molecule has 0 radical (unpaired) electrons. The van der Waals surface area contributed by atoms with Crippen molar-refractivity contribution >= 4 is 11.9 Å². The monoisotopic (exact) mass is 359 g/mol. The molecule has 26 heavy (non-hydrogen) atoms. The van der Waals surface area contributed by atoms with Crippen molar-refractivity contribution in [2.45, 2.75) is 32.7 Å². The minimum Gasteiger partial charge on any atom is -0.493 e. The first-order valence-electron chi connectivity index (χ1n) is 8.32. The third-order valence-electron chi connectivity index (χ3n) is 3.90. The van der Waals surface area contributed by atoms with E-state index in [4.69, 9.17) is 9.84 Å². The second-order valence-corrected chi connectivity index (χ2v) is 6.14. The van der Waals surface area contributed by atoms with Crippen LogP contribution < -0.4 is 10.1 Å². The quantitative estimate of drug-likeness (QED) is 0.756. The molecule has 2 rings (SSSR count). The maximum absolute atomic E-state index is 13.0. The lowest BCUT2D eigenvalue weighted by Crippen LogP contribution is -2.31. The van der Waals surface area contributed by atoms with Gasteiger partial charge in [0.25, 0.3) is 0 Å². The number of halogens is 1. The Kier molecular flexibility index (Phi) is 6.72. The normalized spacial score (nSPS) is 11.7. The van der Waals surface area contributed by atoms with Gasteiger partial charge >= 0.3 is 5.97 Å². The van der Waals surface area contributed by atoms with Crippen LogP contribution in [0, 0.1) is 19.7 Å². The average molecular weight is 359 g/mol. The van der Waals surface area contributed by atoms with E-state index < -0.39 is 17.8 Å². The number of ether oxygens (including phenoxy) is 1. The van der Waals surface area contributed by atoms with Crippen LogP contribution >= 0.6 is 0 Å². The molecule has 2 aromatic carbocycles. The van der Waals surface area contributed by atoms with Crippen LogP contribution in [0.5, 0.6) is 5.75 Å². The van der Waals surface area contributed by atoms with Crippen molar-refractivity contribution in [3.05, 3.63) is 65.0 Å². The first kappa shape index (κ1) is 19.4. The number of carbonyl (C=O) groups excluding carboxylic acids is 1. The average Bonchev–Trinajstić information content (AvgIpc) is 2.56. The molecule has 5 nitrogen and oxygen atoms in total. The van der Waals surface area contributed by atoms with E-state index in [0.29, 0.717) is 11.3 Å². The maximum Gasteiger partial charge on any atom is 0.305 e. The van der Waals surface area contributed by atoms with Gasteiger partial charge in [-0.25, -0.2) is 4.39 Å². The molecule has 0 bridgehead atoms. The van der Waals surface area contributed by atoms with E-state index >= 15 is 0 Å². The molecule has 0 aliphatic rings. The number of nitrogens with one attached hydrogen (secondary N) is 1.